The van der Waals surface area contributed by atoms with Crippen LogP contribution in [0.15, 0.2) is 48.5 Å². The average molecular weight is 479 g/mol. The minimum Gasteiger partial charge on any atom is -0.489 e. The number of likely N-dealkylation sites (N-methyl/N-ethyl adjacent to an activating group) is 1. The molecule has 1 atom stereocenters. The van der Waals surface area contributed by atoms with Crippen molar-refractivity contribution in [2.75, 3.05) is 38.3 Å². The number of amides is 4. The predicted molar refractivity (Wildman–Crippen MR) is 127 cm³/mol. The molecular formula is C25H26N4O6. The second-order valence-electron chi connectivity index (χ2n) is 7.64. The van der Waals surface area contributed by atoms with Crippen LogP contribution in [-0.2, 0) is 25.6 Å². The third-order valence-corrected chi connectivity index (χ3v) is 5.16. The highest BCUT2D eigenvalue weighted by Crippen LogP contribution is 2.31. The number of hydrogen-bond acceptors (Lipinski definition) is 6. The Kier molecular flexibility index (Phi) is 8.81. The molecule has 0 saturated carbocycles. The monoisotopic (exact) mass is 478 g/mol. The fourth-order valence-electron chi connectivity index (χ4n) is 3.29. The maximum atomic E-state index is 12.9. The van der Waals surface area contributed by atoms with Crippen LogP contribution in [0.25, 0.3) is 0 Å². The van der Waals surface area contributed by atoms with E-state index in [1.165, 1.54) is 11.9 Å². The summed E-state index contributed by atoms with van der Waals surface area (Å²) in [6.45, 7) is -0.414. The predicted octanol–water partition coefficient (Wildman–Crippen LogP) is -0.654. The van der Waals surface area contributed by atoms with Gasteiger partial charge < -0.3 is 30.7 Å². The van der Waals surface area contributed by atoms with Gasteiger partial charge in [0, 0.05) is 19.2 Å². The standard InChI is InChI=1S/C25H26N4O6/c1-29-20-14-18(8-5-12-26-22(31)15-30)9-10-21(20)35-16-19(25(29)34)28-24(33)23(32)27-13-11-17-6-3-2-4-7-17/h2-4,6-7,9-10,14,19,30H,11-13,15-16H2,1H3,(H,26,31)(H,27,32)(H,28,33)/t19-/m0/s1. The van der Waals surface area contributed by atoms with E-state index in [1.54, 1.807) is 18.2 Å². The molecule has 2 aromatic carbocycles. The van der Waals surface area contributed by atoms with Crippen molar-refractivity contribution >= 4 is 29.3 Å². The number of nitrogens with one attached hydrogen (secondary N) is 3. The van der Waals surface area contributed by atoms with Crippen LogP contribution in [0.3, 0.4) is 0 Å². The van der Waals surface area contributed by atoms with Gasteiger partial charge in [-0.15, -0.1) is 0 Å². The maximum absolute atomic E-state index is 12.9. The lowest BCUT2D eigenvalue weighted by molar-refractivity contribution is -0.140. The van der Waals surface area contributed by atoms with E-state index in [0.717, 1.165) is 5.56 Å². The molecular weight excluding hydrogens is 452 g/mol. The molecule has 10 heteroatoms. The smallest absolute Gasteiger partial charge is 0.310 e. The van der Waals surface area contributed by atoms with Crippen molar-refractivity contribution in [2.45, 2.75) is 12.5 Å². The summed E-state index contributed by atoms with van der Waals surface area (Å²) in [6, 6.07) is 13.5. The molecule has 35 heavy (non-hydrogen) atoms. The normalized spacial score (nSPS) is 14.4. The third kappa shape index (κ3) is 7.06. The molecule has 0 aromatic heterocycles. The highest BCUT2D eigenvalue weighted by Gasteiger charge is 2.32. The molecule has 4 N–H and O–H groups in total. The summed E-state index contributed by atoms with van der Waals surface area (Å²) in [7, 11) is 1.54. The van der Waals surface area contributed by atoms with Crippen molar-refractivity contribution < 1.29 is 29.0 Å². The molecule has 0 fully saturated rings. The van der Waals surface area contributed by atoms with Crippen LogP contribution in [0.5, 0.6) is 5.75 Å². The van der Waals surface area contributed by atoms with E-state index in [0.29, 0.717) is 23.4 Å². The largest absolute Gasteiger partial charge is 0.489 e. The minimum absolute atomic E-state index is 0.0588. The number of anilines is 1. The summed E-state index contributed by atoms with van der Waals surface area (Å²) >= 11 is 0. The van der Waals surface area contributed by atoms with Crippen molar-refractivity contribution in [1.82, 2.24) is 16.0 Å². The number of hydrogen-bond donors (Lipinski definition) is 4. The maximum Gasteiger partial charge on any atom is 0.310 e. The van der Waals surface area contributed by atoms with E-state index in [2.05, 4.69) is 27.8 Å². The van der Waals surface area contributed by atoms with Crippen molar-refractivity contribution in [3.63, 3.8) is 0 Å². The zero-order valence-corrected chi connectivity index (χ0v) is 19.2. The molecule has 0 radical (unpaired) electrons. The first-order valence-corrected chi connectivity index (χ1v) is 10.9. The Morgan fingerprint density at radius 1 is 1.11 bits per heavy atom. The van der Waals surface area contributed by atoms with E-state index in [4.69, 9.17) is 9.84 Å². The van der Waals surface area contributed by atoms with Crippen LogP contribution in [0.1, 0.15) is 11.1 Å². The first-order valence-electron chi connectivity index (χ1n) is 10.9. The molecule has 0 bridgehead atoms. The number of aliphatic hydroxyl groups excluding tert-OH is 1. The van der Waals surface area contributed by atoms with Gasteiger partial charge in [0.25, 0.3) is 5.91 Å². The summed E-state index contributed by atoms with van der Waals surface area (Å²) in [4.78, 5) is 49.9. The number of ether oxygens (including phenoxy) is 1. The Hall–Kier alpha value is -4.36. The lowest BCUT2D eigenvalue weighted by Gasteiger charge is -2.20. The Morgan fingerprint density at radius 2 is 1.89 bits per heavy atom. The summed E-state index contributed by atoms with van der Waals surface area (Å²) in [6.07, 6.45) is 0.572. The number of fused-ring (bicyclic) bond motifs is 1. The Bertz CT molecular complexity index is 1160. The Balaban J connectivity index is 1.57. The minimum atomic E-state index is -1.05. The van der Waals surface area contributed by atoms with Crippen LogP contribution in [0.4, 0.5) is 5.69 Å². The zero-order valence-electron chi connectivity index (χ0n) is 19.2. The van der Waals surface area contributed by atoms with Crippen molar-refractivity contribution in [2.24, 2.45) is 0 Å². The number of nitrogens with zero attached hydrogens (tertiary/aromatic N) is 1. The van der Waals surface area contributed by atoms with Gasteiger partial charge in [-0.1, -0.05) is 42.2 Å². The zero-order chi connectivity index (χ0) is 25.2. The van der Waals surface area contributed by atoms with E-state index >= 15 is 0 Å². The average Bonchev–Trinajstić information content (AvgIpc) is 2.99. The summed E-state index contributed by atoms with van der Waals surface area (Å²) in [5.41, 5.74) is 2.05. The first kappa shape index (κ1) is 25.3. The second kappa shape index (κ2) is 12.2. The molecule has 0 unspecified atom stereocenters. The van der Waals surface area contributed by atoms with Crippen molar-refractivity contribution in [3.8, 4) is 17.6 Å². The molecule has 1 heterocycles. The summed E-state index contributed by atoms with van der Waals surface area (Å²) in [5.74, 6) is 3.30. The lowest BCUT2D eigenvalue weighted by Crippen LogP contribution is -2.53. The number of carbonyl (C=O) groups excluding carboxylic acids is 4. The highest BCUT2D eigenvalue weighted by atomic mass is 16.5. The van der Waals surface area contributed by atoms with Gasteiger partial charge in [-0.2, -0.15) is 0 Å². The molecule has 0 aliphatic carbocycles. The van der Waals surface area contributed by atoms with Gasteiger partial charge in [0.15, 0.2) is 0 Å². The van der Waals surface area contributed by atoms with Gasteiger partial charge in [-0.3, -0.25) is 19.2 Å². The molecule has 182 valence electrons. The Morgan fingerprint density at radius 3 is 2.63 bits per heavy atom. The van der Waals surface area contributed by atoms with Crippen LogP contribution < -0.4 is 25.6 Å². The number of carbonyl (C=O) groups is 4. The first-order chi connectivity index (χ1) is 16.9. The quantitative estimate of drug-likeness (QED) is 0.322. The van der Waals surface area contributed by atoms with Gasteiger partial charge in [-0.25, -0.2) is 0 Å². The van der Waals surface area contributed by atoms with Gasteiger partial charge >= 0.3 is 11.8 Å². The molecule has 0 saturated heterocycles. The van der Waals surface area contributed by atoms with Gasteiger partial charge in [-0.05, 0) is 30.2 Å². The highest BCUT2D eigenvalue weighted by molar-refractivity contribution is 6.35. The van der Waals surface area contributed by atoms with E-state index in [1.807, 2.05) is 30.3 Å². The van der Waals surface area contributed by atoms with E-state index in [9.17, 15) is 19.2 Å². The van der Waals surface area contributed by atoms with Gasteiger partial charge in [0.2, 0.25) is 5.91 Å². The summed E-state index contributed by atoms with van der Waals surface area (Å²) in [5, 5.41) is 16.1. The fraction of sp³-hybridized carbons (Fsp3) is 0.280. The van der Waals surface area contributed by atoms with Crippen LogP contribution in [0, 0.1) is 11.8 Å². The number of benzene rings is 2. The van der Waals surface area contributed by atoms with Gasteiger partial charge in [0.05, 0.1) is 12.2 Å². The van der Waals surface area contributed by atoms with E-state index < -0.39 is 36.3 Å². The lowest BCUT2D eigenvalue weighted by atomic mass is 10.1. The molecule has 2 aromatic rings. The second-order valence-corrected chi connectivity index (χ2v) is 7.64. The number of aliphatic hydroxyl groups is 1. The molecule has 4 amide bonds. The van der Waals surface area contributed by atoms with Crippen LogP contribution >= 0.6 is 0 Å². The van der Waals surface area contributed by atoms with E-state index in [-0.39, 0.29) is 19.7 Å². The fourth-order valence-corrected chi connectivity index (χ4v) is 3.29. The van der Waals surface area contributed by atoms with Crippen LogP contribution in [0.2, 0.25) is 0 Å². The molecule has 1 aliphatic rings. The number of rotatable bonds is 6. The summed E-state index contributed by atoms with van der Waals surface area (Å²) < 4.78 is 5.71. The third-order valence-electron chi connectivity index (χ3n) is 5.16. The van der Waals surface area contributed by atoms with Crippen LogP contribution in [-0.4, -0.2) is 68.1 Å². The van der Waals surface area contributed by atoms with Crippen molar-refractivity contribution in [3.05, 3.63) is 59.7 Å². The Labute approximate surface area is 202 Å². The molecule has 0 spiro atoms. The SMILES string of the molecule is CN1C(=O)[C@@H](NC(=O)C(=O)NCCc2ccccc2)COc2ccc(C#CCNC(=O)CO)cc21. The van der Waals surface area contributed by atoms with Gasteiger partial charge in [0.1, 0.15) is 25.0 Å². The molecule has 3 rings (SSSR count). The topological polar surface area (TPSA) is 137 Å². The molecule has 1 aliphatic heterocycles. The molecule has 10 nitrogen and oxygen atoms in total. The van der Waals surface area contributed by atoms with Crippen molar-refractivity contribution in [1.29, 1.82) is 0 Å².